The highest BCUT2D eigenvalue weighted by atomic mass is 16.5. The third kappa shape index (κ3) is 8.92. The van der Waals surface area contributed by atoms with Crippen LogP contribution in [0.25, 0.3) is 0 Å². The van der Waals surface area contributed by atoms with Crippen molar-refractivity contribution in [1.29, 1.82) is 0 Å². The molecule has 1 aromatic rings. The van der Waals surface area contributed by atoms with Crippen molar-refractivity contribution in [2.45, 2.75) is 50.5 Å². The molecule has 0 saturated carbocycles. The SMILES string of the molecule is O=C(NC(CC(=O)N1CCOCC1)C(=O)N[C@@H](CCCc1ccccc1)B(O)O)C1CCOCC1. The molecule has 3 amide bonds. The van der Waals surface area contributed by atoms with E-state index in [0.717, 1.165) is 12.0 Å². The van der Waals surface area contributed by atoms with Gasteiger partial charge in [0.05, 0.1) is 25.6 Å². The van der Waals surface area contributed by atoms with E-state index in [1.165, 1.54) is 0 Å². The fourth-order valence-corrected chi connectivity index (χ4v) is 4.32. The second-order valence-corrected chi connectivity index (χ2v) is 9.05. The first-order chi connectivity index (χ1) is 16.9. The van der Waals surface area contributed by atoms with E-state index in [1.807, 2.05) is 30.3 Å². The van der Waals surface area contributed by atoms with Gasteiger partial charge < -0.3 is 35.1 Å². The summed E-state index contributed by atoms with van der Waals surface area (Å²) in [5, 5.41) is 25.1. The third-order valence-corrected chi connectivity index (χ3v) is 6.48. The molecule has 0 aromatic heterocycles. The monoisotopic (exact) mass is 489 g/mol. The normalized spacial score (nSPS) is 18.4. The van der Waals surface area contributed by atoms with Crippen LogP contribution in [-0.4, -0.2) is 91.3 Å². The molecule has 2 heterocycles. The van der Waals surface area contributed by atoms with Crippen LogP contribution in [0.2, 0.25) is 0 Å². The fourth-order valence-electron chi connectivity index (χ4n) is 4.32. The van der Waals surface area contributed by atoms with Crippen LogP contribution in [0.3, 0.4) is 0 Å². The number of ether oxygens (including phenoxy) is 2. The lowest BCUT2D eigenvalue weighted by atomic mass is 9.76. The van der Waals surface area contributed by atoms with Gasteiger partial charge in [0.25, 0.3) is 0 Å². The Morgan fingerprint density at radius 3 is 2.31 bits per heavy atom. The summed E-state index contributed by atoms with van der Waals surface area (Å²) in [5.41, 5.74) is 1.11. The first-order valence-corrected chi connectivity index (χ1v) is 12.4. The zero-order chi connectivity index (χ0) is 25.0. The van der Waals surface area contributed by atoms with Crippen LogP contribution < -0.4 is 10.6 Å². The highest BCUT2D eigenvalue weighted by Gasteiger charge is 2.33. The summed E-state index contributed by atoms with van der Waals surface area (Å²) in [6.45, 7) is 2.66. The van der Waals surface area contributed by atoms with Crippen LogP contribution in [0.15, 0.2) is 30.3 Å². The summed E-state index contributed by atoms with van der Waals surface area (Å²) in [7, 11) is -1.77. The van der Waals surface area contributed by atoms with Crippen LogP contribution in [0, 0.1) is 5.92 Å². The van der Waals surface area contributed by atoms with Crippen molar-refractivity contribution in [3.05, 3.63) is 35.9 Å². The molecular formula is C24H36BN3O7. The predicted molar refractivity (Wildman–Crippen MR) is 129 cm³/mol. The van der Waals surface area contributed by atoms with E-state index in [-0.39, 0.29) is 24.2 Å². The number of nitrogens with zero attached hydrogens (tertiary/aromatic N) is 1. The number of rotatable bonds is 11. The van der Waals surface area contributed by atoms with Gasteiger partial charge in [0.15, 0.2) is 0 Å². The number of aryl methyl sites for hydroxylation is 1. The van der Waals surface area contributed by atoms with Gasteiger partial charge >= 0.3 is 7.12 Å². The minimum absolute atomic E-state index is 0.209. The Kier molecular flexibility index (Phi) is 11.0. The number of nitrogens with one attached hydrogen (secondary N) is 2. The maximum absolute atomic E-state index is 13.2. The van der Waals surface area contributed by atoms with Gasteiger partial charge in [-0.3, -0.25) is 14.4 Å². The van der Waals surface area contributed by atoms with Gasteiger partial charge in [0.2, 0.25) is 17.7 Å². The first-order valence-electron chi connectivity index (χ1n) is 12.4. The highest BCUT2D eigenvalue weighted by Crippen LogP contribution is 2.16. The van der Waals surface area contributed by atoms with Crippen LogP contribution in [0.4, 0.5) is 0 Å². The largest absolute Gasteiger partial charge is 0.475 e. The van der Waals surface area contributed by atoms with Crippen LogP contribution in [0.1, 0.15) is 37.7 Å². The Hall–Kier alpha value is -2.47. The number of carbonyl (C=O) groups is 3. The van der Waals surface area contributed by atoms with Crippen LogP contribution in [0.5, 0.6) is 0 Å². The maximum Gasteiger partial charge on any atom is 0.475 e. The molecule has 4 N–H and O–H groups in total. The Balaban J connectivity index is 1.61. The van der Waals surface area contributed by atoms with E-state index in [1.54, 1.807) is 4.90 Å². The number of morpholine rings is 1. The highest BCUT2D eigenvalue weighted by molar-refractivity contribution is 6.43. The molecule has 2 fully saturated rings. The number of amides is 3. The van der Waals surface area contributed by atoms with Gasteiger partial charge in [-0.25, -0.2) is 0 Å². The van der Waals surface area contributed by atoms with Crippen molar-refractivity contribution in [2.24, 2.45) is 5.92 Å². The molecule has 1 aromatic carbocycles. The molecule has 0 bridgehead atoms. The molecule has 3 rings (SSSR count). The van der Waals surface area contributed by atoms with E-state index in [4.69, 9.17) is 9.47 Å². The van der Waals surface area contributed by atoms with E-state index in [2.05, 4.69) is 10.6 Å². The van der Waals surface area contributed by atoms with E-state index >= 15 is 0 Å². The van der Waals surface area contributed by atoms with E-state index < -0.39 is 25.0 Å². The van der Waals surface area contributed by atoms with Gasteiger partial charge in [0, 0.05) is 32.2 Å². The van der Waals surface area contributed by atoms with Crippen molar-refractivity contribution in [3.63, 3.8) is 0 Å². The first kappa shape index (κ1) is 27.1. The summed E-state index contributed by atoms with van der Waals surface area (Å²) in [6.07, 6.45) is 2.57. The summed E-state index contributed by atoms with van der Waals surface area (Å²) in [5.74, 6) is -2.38. The quantitative estimate of drug-likeness (QED) is 0.312. The molecule has 2 aliphatic rings. The van der Waals surface area contributed by atoms with Crippen molar-refractivity contribution in [3.8, 4) is 0 Å². The molecule has 2 saturated heterocycles. The maximum atomic E-state index is 13.2. The van der Waals surface area contributed by atoms with Gasteiger partial charge in [-0.15, -0.1) is 0 Å². The lowest BCUT2D eigenvalue weighted by Gasteiger charge is -2.30. The zero-order valence-electron chi connectivity index (χ0n) is 20.1. The summed E-state index contributed by atoms with van der Waals surface area (Å²) >= 11 is 0. The number of hydrogen-bond acceptors (Lipinski definition) is 7. The molecule has 2 aliphatic heterocycles. The minimum atomic E-state index is -1.77. The Morgan fingerprint density at radius 2 is 1.66 bits per heavy atom. The van der Waals surface area contributed by atoms with Gasteiger partial charge in [-0.2, -0.15) is 0 Å². The average Bonchev–Trinajstić information content (AvgIpc) is 2.89. The predicted octanol–water partition coefficient (Wildman–Crippen LogP) is -0.334. The van der Waals surface area contributed by atoms with Crippen molar-refractivity contribution in [2.75, 3.05) is 39.5 Å². The topological polar surface area (TPSA) is 137 Å². The Morgan fingerprint density at radius 1 is 1.00 bits per heavy atom. The number of hydrogen-bond donors (Lipinski definition) is 4. The standard InChI is InChI=1S/C24H36BN3O7/c29-22(28-11-15-35-16-12-28)17-20(26-23(30)19-9-13-34-14-10-19)24(31)27-21(25(32)33)8-4-7-18-5-2-1-3-6-18/h1-3,5-6,19-21,32-33H,4,7-17H2,(H,26,30)(H,27,31)/t20?,21-/m0/s1. The molecule has 0 aliphatic carbocycles. The van der Waals surface area contributed by atoms with Crippen molar-refractivity contribution >= 4 is 24.8 Å². The number of carbonyl (C=O) groups excluding carboxylic acids is 3. The van der Waals surface area contributed by atoms with Crippen molar-refractivity contribution in [1.82, 2.24) is 15.5 Å². The second-order valence-electron chi connectivity index (χ2n) is 9.05. The van der Waals surface area contributed by atoms with E-state index in [9.17, 15) is 24.4 Å². The lowest BCUT2D eigenvalue weighted by molar-refractivity contribution is -0.140. The molecule has 11 heteroatoms. The van der Waals surface area contributed by atoms with Gasteiger partial charge in [-0.05, 0) is 37.7 Å². The third-order valence-electron chi connectivity index (χ3n) is 6.48. The van der Waals surface area contributed by atoms with Gasteiger partial charge in [0.1, 0.15) is 6.04 Å². The minimum Gasteiger partial charge on any atom is -0.426 e. The van der Waals surface area contributed by atoms with Crippen LogP contribution in [-0.2, 0) is 30.3 Å². The van der Waals surface area contributed by atoms with Crippen molar-refractivity contribution < 1.29 is 33.9 Å². The van der Waals surface area contributed by atoms with Gasteiger partial charge in [-0.1, -0.05) is 30.3 Å². The van der Waals surface area contributed by atoms with E-state index in [0.29, 0.717) is 65.2 Å². The smallest absolute Gasteiger partial charge is 0.426 e. The van der Waals surface area contributed by atoms with Crippen LogP contribution >= 0.6 is 0 Å². The fraction of sp³-hybridized carbons (Fsp3) is 0.625. The Bertz CT molecular complexity index is 783. The molecule has 35 heavy (non-hydrogen) atoms. The molecule has 2 atom stereocenters. The summed E-state index contributed by atoms with van der Waals surface area (Å²) in [6, 6.07) is 8.66. The lowest BCUT2D eigenvalue weighted by Crippen LogP contribution is -2.56. The molecule has 10 nitrogen and oxygen atoms in total. The molecular weight excluding hydrogens is 453 g/mol. The molecule has 192 valence electrons. The average molecular weight is 489 g/mol. The summed E-state index contributed by atoms with van der Waals surface area (Å²) in [4.78, 5) is 40.4. The molecule has 0 radical (unpaired) electrons. The molecule has 1 unspecified atom stereocenters. The second kappa shape index (κ2) is 14.2. The molecule has 0 spiro atoms. The number of benzene rings is 1. The summed E-state index contributed by atoms with van der Waals surface area (Å²) < 4.78 is 10.6. The Labute approximate surface area is 206 Å². The zero-order valence-corrected chi connectivity index (χ0v) is 20.1.